The van der Waals surface area contributed by atoms with Crippen molar-refractivity contribution in [2.24, 2.45) is 35.5 Å². The van der Waals surface area contributed by atoms with Gasteiger partial charge in [-0.25, -0.2) is 0 Å². The topological polar surface area (TPSA) is 66.5 Å². The molecule has 5 aliphatic rings. The molecule has 4 aliphatic carbocycles. The van der Waals surface area contributed by atoms with Gasteiger partial charge in [0.15, 0.2) is 0 Å². The largest absolute Gasteiger partial charge is 0.326 e. The number of carbonyl (C=O) groups is 3. The molecule has 5 heteroatoms. The van der Waals surface area contributed by atoms with Gasteiger partial charge < -0.3 is 5.32 Å². The summed E-state index contributed by atoms with van der Waals surface area (Å²) in [5.41, 5.74) is 1.86. The highest BCUT2D eigenvalue weighted by atomic mass is 16.2. The van der Waals surface area contributed by atoms with Crippen LogP contribution in [0, 0.1) is 42.4 Å². The first kappa shape index (κ1) is 15.8. The van der Waals surface area contributed by atoms with Gasteiger partial charge in [-0.1, -0.05) is 29.8 Å². The minimum Gasteiger partial charge on any atom is -0.326 e. The van der Waals surface area contributed by atoms with E-state index >= 15 is 0 Å². The number of benzene rings is 1. The fourth-order valence-corrected chi connectivity index (χ4v) is 5.31. The molecule has 6 rings (SSSR count). The Kier molecular flexibility index (Phi) is 3.36. The van der Waals surface area contributed by atoms with Crippen LogP contribution in [0.3, 0.4) is 0 Å². The molecule has 1 heterocycles. The zero-order valence-electron chi connectivity index (χ0n) is 14.7. The molecule has 1 aromatic carbocycles. The molecule has 3 fully saturated rings. The van der Waals surface area contributed by atoms with E-state index in [0.717, 1.165) is 17.7 Å². The van der Waals surface area contributed by atoms with Crippen molar-refractivity contribution in [3.63, 3.8) is 0 Å². The molecule has 1 saturated heterocycles. The minimum atomic E-state index is -0.179. The maximum atomic E-state index is 12.9. The lowest BCUT2D eigenvalue weighted by atomic mass is 9.63. The first-order chi connectivity index (χ1) is 12.5. The Balaban J connectivity index is 1.24. The van der Waals surface area contributed by atoms with Gasteiger partial charge in [0.05, 0.1) is 11.8 Å². The zero-order chi connectivity index (χ0) is 18.0. The van der Waals surface area contributed by atoms with Crippen molar-refractivity contribution in [2.75, 3.05) is 11.9 Å². The summed E-state index contributed by atoms with van der Waals surface area (Å²) in [6.07, 6.45) is 5.63. The molecule has 5 nitrogen and oxygen atoms in total. The molecule has 1 aliphatic heterocycles. The molecule has 6 atom stereocenters. The number of imide groups is 1. The molecule has 3 amide bonds. The lowest BCUT2D eigenvalue weighted by Crippen LogP contribution is -2.40. The molecule has 2 saturated carbocycles. The van der Waals surface area contributed by atoms with Crippen LogP contribution < -0.4 is 5.32 Å². The van der Waals surface area contributed by atoms with Gasteiger partial charge >= 0.3 is 0 Å². The van der Waals surface area contributed by atoms with Crippen molar-refractivity contribution in [3.8, 4) is 0 Å². The van der Waals surface area contributed by atoms with Gasteiger partial charge in [0.2, 0.25) is 17.7 Å². The van der Waals surface area contributed by atoms with Crippen molar-refractivity contribution in [1.29, 1.82) is 0 Å². The lowest BCUT2D eigenvalue weighted by Gasteiger charge is -2.37. The quantitative estimate of drug-likeness (QED) is 0.670. The average Bonchev–Trinajstić information content (AvgIpc) is 3.41. The van der Waals surface area contributed by atoms with E-state index in [-0.39, 0.29) is 54.4 Å². The number of nitrogens with one attached hydrogen (secondary N) is 1. The molecule has 2 bridgehead atoms. The highest BCUT2D eigenvalue weighted by Crippen LogP contribution is 2.65. The second kappa shape index (κ2) is 5.53. The minimum absolute atomic E-state index is 0.0622. The third-order valence-electron chi connectivity index (χ3n) is 6.65. The van der Waals surface area contributed by atoms with Crippen molar-refractivity contribution >= 4 is 23.4 Å². The number of rotatable bonds is 4. The van der Waals surface area contributed by atoms with E-state index in [1.165, 1.54) is 4.90 Å². The first-order valence-electron chi connectivity index (χ1n) is 9.44. The molecule has 0 unspecified atom stereocenters. The molecular formula is C21H22N2O3. The van der Waals surface area contributed by atoms with Crippen LogP contribution in [-0.4, -0.2) is 29.2 Å². The number of amides is 3. The summed E-state index contributed by atoms with van der Waals surface area (Å²) in [6, 6.07) is 7.57. The number of hydrogen-bond acceptors (Lipinski definition) is 3. The normalized spacial score (nSPS) is 36.1. The fraction of sp³-hybridized carbons (Fsp3) is 0.476. The number of carbonyl (C=O) groups excluding carboxylic acids is 3. The SMILES string of the molecule is Cc1ccc(NC(=O)CCN2C(=O)[C@H]3[C@@H]4C=C[C@@H]([C@H]5C[C@H]45)[C@@H]3C2=O)cc1. The van der Waals surface area contributed by atoms with E-state index in [2.05, 4.69) is 17.5 Å². The van der Waals surface area contributed by atoms with Crippen LogP contribution in [0.1, 0.15) is 18.4 Å². The van der Waals surface area contributed by atoms with E-state index in [4.69, 9.17) is 0 Å². The molecule has 26 heavy (non-hydrogen) atoms. The second-order valence-corrected chi connectivity index (χ2v) is 8.15. The third kappa shape index (κ3) is 2.26. The van der Waals surface area contributed by atoms with Gasteiger partial charge in [0.25, 0.3) is 0 Å². The summed E-state index contributed by atoms with van der Waals surface area (Å²) in [5.74, 6) is 1.02. The van der Waals surface area contributed by atoms with Crippen LogP contribution in [0.2, 0.25) is 0 Å². The number of likely N-dealkylation sites (tertiary alicyclic amines) is 1. The fourth-order valence-electron chi connectivity index (χ4n) is 5.31. The number of nitrogens with zero attached hydrogens (tertiary/aromatic N) is 1. The van der Waals surface area contributed by atoms with Gasteiger partial charge in [-0.2, -0.15) is 0 Å². The second-order valence-electron chi connectivity index (χ2n) is 8.15. The molecule has 1 N–H and O–H groups in total. The first-order valence-corrected chi connectivity index (χ1v) is 9.44. The maximum Gasteiger partial charge on any atom is 0.233 e. The van der Waals surface area contributed by atoms with Crippen molar-refractivity contribution in [3.05, 3.63) is 42.0 Å². The Morgan fingerprint density at radius 2 is 1.62 bits per heavy atom. The van der Waals surface area contributed by atoms with Gasteiger partial charge in [0.1, 0.15) is 0 Å². The molecule has 0 radical (unpaired) electrons. The number of hydrogen-bond donors (Lipinski definition) is 1. The molecule has 134 valence electrons. The molecule has 1 aromatic rings. The van der Waals surface area contributed by atoms with Gasteiger partial charge in [-0.05, 0) is 49.1 Å². The summed E-state index contributed by atoms with van der Waals surface area (Å²) in [4.78, 5) is 39.3. The van der Waals surface area contributed by atoms with Crippen LogP contribution in [0.5, 0.6) is 0 Å². The summed E-state index contributed by atoms with van der Waals surface area (Å²) in [6.45, 7) is 2.17. The Bertz CT molecular complexity index is 792. The smallest absolute Gasteiger partial charge is 0.233 e. The van der Waals surface area contributed by atoms with Crippen LogP contribution >= 0.6 is 0 Å². The third-order valence-corrected chi connectivity index (χ3v) is 6.65. The summed E-state index contributed by atoms with van der Waals surface area (Å²) < 4.78 is 0. The Labute approximate surface area is 152 Å². The molecule has 0 aromatic heterocycles. The molecule has 0 spiro atoms. The Morgan fingerprint density at radius 3 is 2.19 bits per heavy atom. The van der Waals surface area contributed by atoms with Crippen LogP contribution in [0.15, 0.2) is 36.4 Å². The van der Waals surface area contributed by atoms with Gasteiger partial charge in [0, 0.05) is 18.7 Å². The zero-order valence-corrected chi connectivity index (χ0v) is 14.7. The number of allylic oxidation sites excluding steroid dienone is 2. The van der Waals surface area contributed by atoms with E-state index in [1.807, 2.05) is 31.2 Å². The Hall–Kier alpha value is -2.43. The predicted molar refractivity (Wildman–Crippen MR) is 95.8 cm³/mol. The van der Waals surface area contributed by atoms with E-state index in [9.17, 15) is 14.4 Å². The summed E-state index contributed by atoms with van der Waals surface area (Å²) in [7, 11) is 0. The van der Waals surface area contributed by atoms with Crippen LogP contribution in [-0.2, 0) is 14.4 Å². The number of aryl methyl sites for hydroxylation is 1. The van der Waals surface area contributed by atoms with Crippen LogP contribution in [0.25, 0.3) is 0 Å². The monoisotopic (exact) mass is 350 g/mol. The summed E-state index contributed by atoms with van der Waals surface area (Å²) in [5, 5.41) is 2.83. The van der Waals surface area contributed by atoms with Crippen molar-refractivity contribution in [2.45, 2.75) is 19.8 Å². The van der Waals surface area contributed by atoms with Crippen molar-refractivity contribution in [1.82, 2.24) is 4.90 Å². The highest BCUT2D eigenvalue weighted by molar-refractivity contribution is 6.06. The highest BCUT2D eigenvalue weighted by Gasteiger charge is 2.66. The Morgan fingerprint density at radius 1 is 1.04 bits per heavy atom. The van der Waals surface area contributed by atoms with Crippen molar-refractivity contribution < 1.29 is 14.4 Å². The van der Waals surface area contributed by atoms with Gasteiger partial charge in [-0.15, -0.1) is 0 Å². The number of anilines is 1. The molecular weight excluding hydrogens is 328 g/mol. The predicted octanol–water partition coefficient (Wildman–Crippen LogP) is 2.38. The maximum absolute atomic E-state index is 12.9. The lowest BCUT2D eigenvalue weighted by molar-refractivity contribution is -0.140. The van der Waals surface area contributed by atoms with E-state index in [0.29, 0.717) is 11.8 Å². The van der Waals surface area contributed by atoms with Gasteiger partial charge in [-0.3, -0.25) is 19.3 Å². The summed E-state index contributed by atoms with van der Waals surface area (Å²) >= 11 is 0. The average molecular weight is 350 g/mol. The standard InChI is InChI=1S/C21H22N2O3/c1-11-2-4-12(5-3-11)22-17(24)8-9-23-20(25)18-13-6-7-14(16-10-15(13)16)19(18)21(23)26/h2-7,13-16,18-19H,8-10H2,1H3,(H,22,24)/t13-,14+,15-,16-,18+,19+/m1/s1. The van der Waals surface area contributed by atoms with E-state index in [1.54, 1.807) is 0 Å². The van der Waals surface area contributed by atoms with Crippen LogP contribution in [0.4, 0.5) is 5.69 Å². The van der Waals surface area contributed by atoms with E-state index < -0.39 is 0 Å².